The molecule has 4 nitrogen and oxygen atoms in total. The highest BCUT2D eigenvalue weighted by atomic mass is 79.9. The summed E-state index contributed by atoms with van der Waals surface area (Å²) >= 11 is 3.61. The van der Waals surface area contributed by atoms with Gasteiger partial charge in [0.25, 0.3) is 0 Å². The Labute approximate surface area is 123 Å². The number of aryl methyl sites for hydroxylation is 2. The minimum absolute atomic E-state index is 0.0175. The van der Waals surface area contributed by atoms with Crippen LogP contribution in [0.15, 0.2) is 4.47 Å². The molecule has 19 heavy (non-hydrogen) atoms. The summed E-state index contributed by atoms with van der Waals surface area (Å²) in [5, 5.41) is 4.43. The molecule has 1 atom stereocenters. The zero-order valence-corrected chi connectivity index (χ0v) is 13.7. The minimum Gasteiger partial charge on any atom is -0.377 e. The molecule has 1 heterocycles. The summed E-state index contributed by atoms with van der Waals surface area (Å²) < 4.78 is 8.83. The Hall–Kier alpha value is -0.390. The van der Waals surface area contributed by atoms with Crippen LogP contribution in [0.1, 0.15) is 43.5 Å². The van der Waals surface area contributed by atoms with Crippen LogP contribution in [0.3, 0.4) is 0 Å². The van der Waals surface area contributed by atoms with Gasteiger partial charge in [0.1, 0.15) is 0 Å². The van der Waals surface area contributed by atoms with Gasteiger partial charge in [0, 0.05) is 26.6 Å². The lowest BCUT2D eigenvalue weighted by Gasteiger charge is -2.40. The molecular weight excluding hydrogens is 306 g/mol. The lowest BCUT2D eigenvalue weighted by Crippen LogP contribution is -2.52. The molecular formula is C14H24BrN3O. The highest BCUT2D eigenvalue weighted by Crippen LogP contribution is 2.35. The van der Waals surface area contributed by atoms with Gasteiger partial charge < -0.3 is 10.5 Å². The Balaban J connectivity index is 2.17. The monoisotopic (exact) mass is 329 g/mol. The zero-order valence-electron chi connectivity index (χ0n) is 12.1. The molecule has 2 rings (SSSR count). The smallest absolute Gasteiger partial charge is 0.0832 e. The maximum atomic E-state index is 6.49. The van der Waals surface area contributed by atoms with Crippen LogP contribution in [-0.4, -0.2) is 28.5 Å². The normalized spacial score (nSPS) is 20.5. The Bertz CT molecular complexity index is 438. The molecule has 0 bridgehead atoms. The second-order valence-corrected chi connectivity index (χ2v) is 6.40. The number of halogens is 1. The highest BCUT2D eigenvalue weighted by molar-refractivity contribution is 9.10. The van der Waals surface area contributed by atoms with E-state index in [2.05, 4.69) is 21.0 Å². The van der Waals surface area contributed by atoms with Crippen LogP contribution in [-0.2, 0) is 18.2 Å². The van der Waals surface area contributed by atoms with E-state index in [4.69, 9.17) is 10.5 Å². The van der Waals surface area contributed by atoms with Crippen molar-refractivity contribution in [1.82, 2.24) is 9.78 Å². The van der Waals surface area contributed by atoms with Crippen molar-refractivity contribution in [3.05, 3.63) is 15.9 Å². The second kappa shape index (κ2) is 5.94. The summed E-state index contributed by atoms with van der Waals surface area (Å²) in [7, 11) is 3.77. The first kappa shape index (κ1) is 15.0. The Morgan fingerprint density at radius 2 is 2.05 bits per heavy atom. The van der Waals surface area contributed by atoms with Crippen LogP contribution in [0.4, 0.5) is 0 Å². The van der Waals surface area contributed by atoms with Gasteiger partial charge in [-0.3, -0.25) is 4.68 Å². The average Bonchev–Trinajstić information content (AvgIpc) is 2.66. The molecule has 1 aromatic rings. The lowest BCUT2D eigenvalue weighted by atomic mass is 9.78. The second-order valence-electron chi connectivity index (χ2n) is 5.61. The fourth-order valence-corrected chi connectivity index (χ4v) is 3.67. The first-order valence-electron chi connectivity index (χ1n) is 6.99. The van der Waals surface area contributed by atoms with Crippen molar-refractivity contribution in [2.75, 3.05) is 7.11 Å². The summed E-state index contributed by atoms with van der Waals surface area (Å²) in [4.78, 5) is 0. The van der Waals surface area contributed by atoms with E-state index in [0.29, 0.717) is 0 Å². The Morgan fingerprint density at radius 3 is 2.53 bits per heavy atom. The Kier molecular flexibility index (Phi) is 4.69. The van der Waals surface area contributed by atoms with Gasteiger partial charge in [-0.25, -0.2) is 0 Å². The molecule has 1 saturated carbocycles. The van der Waals surface area contributed by atoms with Crippen LogP contribution in [0.5, 0.6) is 0 Å². The first-order chi connectivity index (χ1) is 9.00. The lowest BCUT2D eigenvalue weighted by molar-refractivity contribution is -0.0586. The van der Waals surface area contributed by atoms with Gasteiger partial charge in [-0.15, -0.1) is 0 Å². The molecule has 108 valence electrons. The van der Waals surface area contributed by atoms with Crippen LogP contribution in [0.2, 0.25) is 0 Å². The minimum atomic E-state index is -0.157. The van der Waals surface area contributed by atoms with Crippen LogP contribution >= 0.6 is 15.9 Å². The third kappa shape index (κ3) is 2.88. The van der Waals surface area contributed by atoms with E-state index in [1.807, 2.05) is 18.7 Å². The SMILES string of the molecule is COC1(C(N)Cc2c(Br)c(C)nn2C)CCCCC1. The third-order valence-corrected chi connectivity index (χ3v) is 5.49. The van der Waals surface area contributed by atoms with Gasteiger partial charge in [-0.1, -0.05) is 19.3 Å². The fraction of sp³-hybridized carbons (Fsp3) is 0.786. The van der Waals surface area contributed by atoms with E-state index in [0.717, 1.165) is 35.1 Å². The summed E-state index contributed by atoms with van der Waals surface area (Å²) in [5.41, 5.74) is 8.50. The van der Waals surface area contributed by atoms with Crippen molar-refractivity contribution in [2.45, 2.75) is 57.1 Å². The topological polar surface area (TPSA) is 53.1 Å². The maximum Gasteiger partial charge on any atom is 0.0832 e. The summed E-state index contributed by atoms with van der Waals surface area (Å²) in [6.07, 6.45) is 6.66. The van der Waals surface area contributed by atoms with E-state index < -0.39 is 0 Å². The molecule has 0 saturated heterocycles. The molecule has 0 aromatic carbocycles. The van der Waals surface area contributed by atoms with Crippen molar-refractivity contribution < 1.29 is 4.74 Å². The van der Waals surface area contributed by atoms with E-state index in [-0.39, 0.29) is 11.6 Å². The number of hydrogen-bond donors (Lipinski definition) is 1. The molecule has 1 aromatic heterocycles. The van der Waals surface area contributed by atoms with Gasteiger partial charge in [-0.2, -0.15) is 5.10 Å². The number of hydrogen-bond acceptors (Lipinski definition) is 3. The van der Waals surface area contributed by atoms with Gasteiger partial charge in [0.2, 0.25) is 0 Å². The van der Waals surface area contributed by atoms with E-state index in [1.165, 1.54) is 19.3 Å². The third-order valence-electron chi connectivity index (χ3n) is 4.46. The standard InChI is InChI=1S/C14H24BrN3O/c1-10-13(15)11(18(2)17-10)9-12(16)14(19-3)7-5-4-6-8-14/h12H,4-9,16H2,1-3H3. The molecule has 1 fully saturated rings. The van der Waals surface area contributed by atoms with Gasteiger partial charge in [0.05, 0.1) is 21.5 Å². The van der Waals surface area contributed by atoms with Gasteiger partial charge in [-0.05, 0) is 35.7 Å². The van der Waals surface area contributed by atoms with E-state index in [9.17, 15) is 0 Å². The van der Waals surface area contributed by atoms with Crippen molar-refractivity contribution >= 4 is 15.9 Å². The van der Waals surface area contributed by atoms with Crippen LogP contribution in [0.25, 0.3) is 0 Å². The quantitative estimate of drug-likeness (QED) is 0.923. The fourth-order valence-electron chi connectivity index (χ4n) is 3.17. The van der Waals surface area contributed by atoms with Crippen molar-refractivity contribution in [2.24, 2.45) is 12.8 Å². The summed E-state index contributed by atoms with van der Waals surface area (Å²) in [6, 6.07) is 0.0175. The molecule has 0 amide bonds. The number of nitrogens with zero attached hydrogens (tertiary/aromatic N) is 2. The molecule has 2 N–H and O–H groups in total. The Morgan fingerprint density at radius 1 is 1.42 bits per heavy atom. The zero-order chi connectivity index (χ0) is 14.0. The number of aromatic nitrogens is 2. The first-order valence-corrected chi connectivity index (χ1v) is 7.78. The molecule has 1 aliphatic carbocycles. The molecule has 1 unspecified atom stereocenters. The van der Waals surface area contributed by atoms with Crippen LogP contribution < -0.4 is 5.73 Å². The predicted octanol–water partition coefficient (Wildman–Crippen LogP) is 2.71. The van der Waals surface area contributed by atoms with Crippen LogP contribution in [0, 0.1) is 6.92 Å². The molecule has 0 radical (unpaired) electrons. The predicted molar refractivity (Wildman–Crippen MR) is 80.1 cm³/mol. The van der Waals surface area contributed by atoms with Crippen molar-refractivity contribution in [3.63, 3.8) is 0 Å². The molecule has 0 spiro atoms. The largest absolute Gasteiger partial charge is 0.377 e. The highest BCUT2D eigenvalue weighted by Gasteiger charge is 2.38. The van der Waals surface area contributed by atoms with Crippen molar-refractivity contribution in [3.8, 4) is 0 Å². The number of methoxy groups -OCH3 is 1. The van der Waals surface area contributed by atoms with E-state index >= 15 is 0 Å². The van der Waals surface area contributed by atoms with Gasteiger partial charge in [0.15, 0.2) is 0 Å². The maximum absolute atomic E-state index is 6.49. The van der Waals surface area contributed by atoms with Gasteiger partial charge >= 0.3 is 0 Å². The molecule has 0 aliphatic heterocycles. The summed E-state index contributed by atoms with van der Waals surface area (Å²) in [5.74, 6) is 0. The summed E-state index contributed by atoms with van der Waals surface area (Å²) in [6.45, 7) is 2.01. The number of nitrogens with two attached hydrogens (primary N) is 1. The van der Waals surface area contributed by atoms with E-state index in [1.54, 1.807) is 7.11 Å². The van der Waals surface area contributed by atoms with Crippen molar-refractivity contribution in [1.29, 1.82) is 0 Å². The number of ether oxygens (including phenoxy) is 1. The average molecular weight is 330 g/mol. The molecule has 1 aliphatic rings. The molecule has 5 heteroatoms. The number of rotatable bonds is 4.